The summed E-state index contributed by atoms with van der Waals surface area (Å²) in [6.07, 6.45) is 10.5. The van der Waals surface area contributed by atoms with Crippen LogP contribution in [0, 0.1) is 38.1 Å². The predicted octanol–water partition coefficient (Wildman–Crippen LogP) is 6.38. The summed E-state index contributed by atoms with van der Waals surface area (Å²) < 4.78 is 1.10. The third-order valence-electron chi connectivity index (χ3n) is 9.41. The zero-order valence-corrected chi connectivity index (χ0v) is 20.2. The minimum absolute atomic E-state index is 0.105. The molecule has 0 aromatic heterocycles. The summed E-state index contributed by atoms with van der Waals surface area (Å²) in [6, 6.07) is 8.05. The lowest BCUT2D eigenvalue weighted by Crippen LogP contribution is -2.51. The quantitative estimate of drug-likeness (QED) is 0.463. The molecule has 3 fully saturated rings. The van der Waals surface area contributed by atoms with Crippen LogP contribution in [0.2, 0.25) is 0 Å². The summed E-state index contributed by atoms with van der Waals surface area (Å²) in [4.78, 5) is 25.4. The highest BCUT2D eigenvalue weighted by Crippen LogP contribution is 2.66. The van der Waals surface area contributed by atoms with E-state index in [1.54, 1.807) is 0 Å². The molecule has 0 heterocycles. The van der Waals surface area contributed by atoms with Crippen LogP contribution >= 0.6 is 22.6 Å². The van der Waals surface area contributed by atoms with Crippen LogP contribution in [-0.2, 0) is 9.59 Å². The highest BCUT2D eigenvalue weighted by molar-refractivity contribution is 14.1. The maximum absolute atomic E-state index is 13.4. The Morgan fingerprint density at radius 3 is 2.63 bits per heavy atom. The zero-order chi connectivity index (χ0) is 21.1. The van der Waals surface area contributed by atoms with E-state index in [0.717, 1.165) is 34.9 Å². The summed E-state index contributed by atoms with van der Waals surface area (Å²) in [5.74, 6) is 2.67. The number of anilines is 1. The van der Waals surface area contributed by atoms with E-state index in [-0.39, 0.29) is 22.7 Å². The van der Waals surface area contributed by atoms with Crippen molar-refractivity contribution in [3.8, 4) is 0 Å². The fraction of sp³-hybridized carbons (Fsp3) is 0.615. The van der Waals surface area contributed by atoms with Crippen LogP contribution in [0.15, 0.2) is 35.9 Å². The number of amides is 1. The summed E-state index contributed by atoms with van der Waals surface area (Å²) in [6.45, 7) is 4.83. The Hall–Kier alpha value is -1.17. The Bertz CT molecular complexity index is 923. The first kappa shape index (κ1) is 20.7. The van der Waals surface area contributed by atoms with E-state index in [1.165, 1.54) is 24.8 Å². The number of fused-ring (bicyclic) bond motifs is 5. The van der Waals surface area contributed by atoms with Gasteiger partial charge in [-0.05, 0) is 114 Å². The number of benzene rings is 1. The lowest BCUT2D eigenvalue weighted by Gasteiger charge is -2.58. The van der Waals surface area contributed by atoms with E-state index in [9.17, 15) is 9.59 Å². The van der Waals surface area contributed by atoms with Crippen molar-refractivity contribution >= 4 is 40.0 Å². The number of carbonyl (C=O) groups excluding carboxylic acids is 2. The van der Waals surface area contributed by atoms with Crippen molar-refractivity contribution in [3.05, 3.63) is 39.5 Å². The molecule has 4 aliphatic rings. The van der Waals surface area contributed by atoms with Crippen molar-refractivity contribution in [1.82, 2.24) is 0 Å². The van der Waals surface area contributed by atoms with Crippen LogP contribution < -0.4 is 5.32 Å². The molecule has 160 valence electrons. The van der Waals surface area contributed by atoms with E-state index in [0.29, 0.717) is 30.0 Å². The molecule has 1 unspecified atom stereocenters. The number of allylic oxidation sites excluding steroid dienone is 1. The number of halogens is 1. The smallest absolute Gasteiger partial charge is 0.228 e. The van der Waals surface area contributed by atoms with E-state index >= 15 is 0 Å². The van der Waals surface area contributed by atoms with E-state index in [2.05, 4.69) is 41.8 Å². The van der Waals surface area contributed by atoms with E-state index < -0.39 is 0 Å². The largest absolute Gasteiger partial charge is 0.325 e. The molecule has 4 heteroatoms. The van der Waals surface area contributed by atoms with E-state index in [4.69, 9.17) is 0 Å². The first-order chi connectivity index (χ1) is 14.3. The van der Waals surface area contributed by atoms with Gasteiger partial charge in [-0.1, -0.05) is 31.6 Å². The van der Waals surface area contributed by atoms with Crippen LogP contribution in [0.1, 0.15) is 65.2 Å². The normalized spacial score (nSPS) is 40.1. The van der Waals surface area contributed by atoms with Gasteiger partial charge < -0.3 is 5.32 Å². The summed E-state index contributed by atoms with van der Waals surface area (Å²) >= 11 is 2.30. The van der Waals surface area contributed by atoms with Crippen molar-refractivity contribution in [2.24, 2.45) is 34.5 Å². The molecule has 0 radical (unpaired) electrons. The molecule has 3 saturated carbocycles. The Balaban J connectivity index is 1.38. The molecule has 1 aromatic rings. The lowest BCUT2D eigenvalue weighted by atomic mass is 9.47. The second kappa shape index (κ2) is 7.46. The van der Waals surface area contributed by atoms with Gasteiger partial charge in [0.1, 0.15) is 0 Å². The van der Waals surface area contributed by atoms with Crippen LogP contribution in [0.5, 0.6) is 0 Å². The van der Waals surface area contributed by atoms with Crippen LogP contribution in [0.25, 0.3) is 0 Å². The SMILES string of the molecule is C[C@]12CCC(=O)C=C1CC[C@@H]1[C@H]2CC[C@]2(C)C(C(=O)Nc3ccccc3I)CC[C@@H]12. The Morgan fingerprint density at radius 1 is 1.03 bits per heavy atom. The van der Waals surface area contributed by atoms with Crippen molar-refractivity contribution in [2.45, 2.75) is 65.2 Å². The molecule has 1 amide bonds. The lowest BCUT2D eigenvalue weighted by molar-refractivity contribution is -0.127. The molecule has 5 rings (SSSR count). The third kappa shape index (κ3) is 3.11. The van der Waals surface area contributed by atoms with Crippen molar-refractivity contribution < 1.29 is 9.59 Å². The van der Waals surface area contributed by atoms with Gasteiger partial charge in [-0.2, -0.15) is 0 Å². The monoisotopic (exact) mass is 517 g/mol. The van der Waals surface area contributed by atoms with Gasteiger partial charge in [0.15, 0.2) is 5.78 Å². The molecule has 3 nitrogen and oxygen atoms in total. The van der Waals surface area contributed by atoms with Crippen molar-refractivity contribution in [2.75, 3.05) is 5.32 Å². The molecule has 30 heavy (non-hydrogen) atoms. The molecule has 4 aliphatic carbocycles. The second-order valence-corrected chi connectivity index (χ2v) is 11.8. The number of hydrogen-bond donors (Lipinski definition) is 1. The molecule has 0 spiro atoms. The van der Waals surface area contributed by atoms with Crippen LogP contribution in [0.4, 0.5) is 5.69 Å². The molecular weight excluding hydrogens is 485 g/mol. The van der Waals surface area contributed by atoms with Gasteiger partial charge in [0.25, 0.3) is 0 Å². The maximum atomic E-state index is 13.4. The molecule has 6 atom stereocenters. The van der Waals surface area contributed by atoms with Gasteiger partial charge >= 0.3 is 0 Å². The van der Waals surface area contributed by atoms with Crippen LogP contribution in [0.3, 0.4) is 0 Å². The highest BCUT2D eigenvalue weighted by Gasteiger charge is 2.60. The van der Waals surface area contributed by atoms with Gasteiger partial charge in [-0.25, -0.2) is 0 Å². The standard InChI is InChI=1S/C26H32INO2/c1-25-13-11-17(29)15-16(25)7-8-18-19-9-10-21(26(19,2)14-12-20(18)25)24(30)28-23-6-4-3-5-22(23)27/h3-6,15,18-21H,7-14H2,1-2H3,(H,28,30)/t18-,19-,20+,21?,25-,26-/m0/s1. The minimum Gasteiger partial charge on any atom is -0.325 e. The molecule has 1 aromatic carbocycles. The van der Waals surface area contributed by atoms with Gasteiger partial charge in [-0.3, -0.25) is 9.59 Å². The van der Waals surface area contributed by atoms with Gasteiger partial charge in [0.2, 0.25) is 5.91 Å². The number of hydrogen-bond acceptors (Lipinski definition) is 2. The number of carbonyl (C=O) groups is 2. The maximum Gasteiger partial charge on any atom is 0.228 e. The number of rotatable bonds is 2. The van der Waals surface area contributed by atoms with Crippen molar-refractivity contribution in [3.63, 3.8) is 0 Å². The third-order valence-corrected chi connectivity index (χ3v) is 10.4. The van der Waals surface area contributed by atoms with Gasteiger partial charge in [0, 0.05) is 15.9 Å². The molecule has 1 N–H and O–H groups in total. The first-order valence-electron chi connectivity index (χ1n) is 11.6. The summed E-state index contributed by atoms with van der Waals surface area (Å²) in [7, 11) is 0. The molecule has 0 aliphatic heterocycles. The summed E-state index contributed by atoms with van der Waals surface area (Å²) in [5, 5.41) is 3.25. The fourth-order valence-electron chi connectivity index (χ4n) is 7.77. The summed E-state index contributed by atoms with van der Waals surface area (Å²) in [5.41, 5.74) is 2.68. The Kier molecular flexibility index (Phi) is 5.15. The van der Waals surface area contributed by atoms with Gasteiger partial charge in [0.05, 0.1) is 5.69 Å². The molecule has 0 bridgehead atoms. The topological polar surface area (TPSA) is 46.2 Å². The van der Waals surface area contributed by atoms with Gasteiger partial charge in [-0.15, -0.1) is 0 Å². The molecular formula is C26H32INO2. The average Bonchev–Trinajstić information content (AvgIpc) is 3.07. The number of ketones is 1. The number of para-hydroxylation sites is 1. The zero-order valence-electron chi connectivity index (χ0n) is 18.0. The molecule has 0 saturated heterocycles. The predicted molar refractivity (Wildman–Crippen MR) is 128 cm³/mol. The Morgan fingerprint density at radius 2 is 1.83 bits per heavy atom. The first-order valence-corrected chi connectivity index (χ1v) is 12.7. The highest BCUT2D eigenvalue weighted by atomic mass is 127. The fourth-order valence-corrected chi connectivity index (χ4v) is 8.29. The minimum atomic E-state index is 0.105. The van der Waals surface area contributed by atoms with Crippen LogP contribution in [-0.4, -0.2) is 11.7 Å². The number of nitrogens with one attached hydrogen (secondary N) is 1. The van der Waals surface area contributed by atoms with E-state index in [1.807, 2.05) is 30.3 Å². The Labute approximate surface area is 193 Å². The average molecular weight is 517 g/mol. The van der Waals surface area contributed by atoms with Crippen molar-refractivity contribution in [1.29, 1.82) is 0 Å². The second-order valence-electron chi connectivity index (χ2n) is 10.6.